The average molecular weight is 235 g/mol. The number of anilines is 1. The molecule has 3 aliphatic rings. The van der Waals surface area contributed by atoms with E-state index in [1.807, 2.05) is 6.07 Å². The van der Waals surface area contributed by atoms with E-state index in [0.29, 0.717) is 17.4 Å². The molecular formula is C13H15ClN2. The summed E-state index contributed by atoms with van der Waals surface area (Å²) in [5.74, 6) is 0.683. The summed E-state index contributed by atoms with van der Waals surface area (Å²) in [5.41, 5.74) is 3.29. The Bertz CT molecular complexity index is 453. The van der Waals surface area contributed by atoms with Gasteiger partial charge in [-0.15, -0.1) is 0 Å². The van der Waals surface area contributed by atoms with Crippen molar-refractivity contribution < 1.29 is 0 Å². The summed E-state index contributed by atoms with van der Waals surface area (Å²) in [6.45, 7) is 2.26. The van der Waals surface area contributed by atoms with Gasteiger partial charge in [0.25, 0.3) is 0 Å². The Labute approximate surface area is 100 Å². The first-order chi connectivity index (χ1) is 7.78. The molecule has 16 heavy (non-hydrogen) atoms. The van der Waals surface area contributed by atoms with Crippen LogP contribution < -0.4 is 10.6 Å². The molecule has 0 bridgehead atoms. The van der Waals surface area contributed by atoms with Gasteiger partial charge in [-0.2, -0.15) is 0 Å². The van der Waals surface area contributed by atoms with Crippen LogP contribution in [0.25, 0.3) is 0 Å². The van der Waals surface area contributed by atoms with Gasteiger partial charge in [0.15, 0.2) is 0 Å². The molecule has 2 N–H and O–H groups in total. The molecule has 0 radical (unpaired) electrons. The summed E-state index contributed by atoms with van der Waals surface area (Å²) in [6, 6.07) is 6.86. The quantitative estimate of drug-likeness (QED) is 0.721. The van der Waals surface area contributed by atoms with Crippen LogP contribution in [0.4, 0.5) is 5.69 Å². The molecule has 4 rings (SSSR count). The molecule has 2 heterocycles. The van der Waals surface area contributed by atoms with Crippen LogP contribution in [0, 0.1) is 5.41 Å². The van der Waals surface area contributed by atoms with E-state index in [9.17, 15) is 0 Å². The largest absolute Gasteiger partial charge is 0.380 e. The van der Waals surface area contributed by atoms with Crippen LogP contribution in [0.15, 0.2) is 18.2 Å². The fourth-order valence-electron chi connectivity index (χ4n) is 3.58. The molecule has 1 saturated carbocycles. The van der Waals surface area contributed by atoms with E-state index < -0.39 is 0 Å². The molecule has 3 heteroatoms. The molecule has 2 nitrogen and oxygen atoms in total. The number of nitrogens with one attached hydrogen (secondary N) is 2. The molecule has 2 unspecified atom stereocenters. The van der Waals surface area contributed by atoms with Gasteiger partial charge in [0.05, 0.1) is 0 Å². The summed E-state index contributed by atoms with van der Waals surface area (Å²) in [4.78, 5) is 0. The first kappa shape index (κ1) is 9.32. The van der Waals surface area contributed by atoms with Crippen LogP contribution in [0.1, 0.15) is 24.3 Å². The smallest absolute Gasteiger partial charge is 0.0461 e. The Hall–Kier alpha value is -0.730. The van der Waals surface area contributed by atoms with E-state index in [0.717, 1.165) is 11.6 Å². The number of hydrogen-bond acceptors (Lipinski definition) is 2. The van der Waals surface area contributed by atoms with Crippen molar-refractivity contribution in [3.63, 3.8) is 0 Å². The topological polar surface area (TPSA) is 24.1 Å². The number of benzene rings is 1. The Morgan fingerprint density at radius 2 is 2.19 bits per heavy atom. The van der Waals surface area contributed by atoms with Crippen molar-refractivity contribution in [2.75, 3.05) is 18.4 Å². The molecule has 2 fully saturated rings. The van der Waals surface area contributed by atoms with E-state index in [1.54, 1.807) is 0 Å². The number of piperidine rings is 1. The van der Waals surface area contributed by atoms with Crippen LogP contribution in [0.5, 0.6) is 0 Å². The summed E-state index contributed by atoms with van der Waals surface area (Å²) >= 11 is 6.12. The van der Waals surface area contributed by atoms with E-state index in [1.165, 1.54) is 30.6 Å². The highest BCUT2D eigenvalue weighted by Gasteiger charge is 2.56. The lowest BCUT2D eigenvalue weighted by Gasteiger charge is -2.35. The van der Waals surface area contributed by atoms with E-state index in [4.69, 9.17) is 11.6 Å². The maximum Gasteiger partial charge on any atom is 0.0461 e. The van der Waals surface area contributed by atoms with E-state index in [2.05, 4.69) is 22.8 Å². The average Bonchev–Trinajstić information content (AvgIpc) is 2.92. The highest BCUT2D eigenvalue weighted by molar-refractivity contribution is 6.30. The second-order valence-electron chi connectivity index (χ2n) is 5.45. The van der Waals surface area contributed by atoms with Crippen LogP contribution in [0.3, 0.4) is 0 Å². The highest BCUT2D eigenvalue weighted by atomic mass is 35.5. The zero-order valence-corrected chi connectivity index (χ0v) is 9.85. The third kappa shape index (κ3) is 1.12. The molecule has 0 aromatic heterocycles. The van der Waals surface area contributed by atoms with Crippen molar-refractivity contribution in [2.45, 2.75) is 24.8 Å². The Balaban J connectivity index is 1.84. The van der Waals surface area contributed by atoms with Crippen molar-refractivity contribution in [3.8, 4) is 0 Å². The maximum atomic E-state index is 6.12. The van der Waals surface area contributed by atoms with Crippen LogP contribution in [-0.4, -0.2) is 19.1 Å². The molecule has 0 amide bonds. The Morgan fingerprint density at radius 3 is 3.00 bits per heavy atom. The van der Waals surface area contributed by atoms with Crippen LogP contribution in [0.2, 0.25) is 5.02 Å². The van der Waals surface area contributed by atoms with Gasteiger partial charge in [-0.1, -0.05) is 11.6 Å². The second kappa shape index (κ2) is 2.93. The second-order valence-corrected chi connectivity index (χ2v) is 5.89. The lowest BCUT2D eigenvalue weighted by molar-refractivity contribution is 0.293. The standard InChI is InChI=1S/C13H15ClN2/c14-8-1-2-10-9(5-8)12-11(16-10)6-15-7-13(12)3-4-13/h1-2,5,11-12,15-16H,3-4,6-7H2. The van der Waals surface area contributed by atoms with Crippen molar-refractivity contribution >= 4 is 17.3 Å². The summed E-state index contributed by atoms with van der Waals surface area (Å²) in [7, 11) is 0. The minimum Gasteiger partial charge on any atom is -0.380 e. The first-order valence-electron chi connectivity index (χ1n) is 6.05. The van der Waals surface area contributed by atoms with Gasteiger partial charge in [0.1, 0.15) is 0 Å². The molecule has 84 valence electrons. The van der Waals surface area contributed by atoms with Gasteiger partial charge in [-0.3, -0.25) is 0 Å². The van der Waals surface area contributed by atoms with Gasteiger partial charge >= 0.3 is 0 Å². The highest BCUT2D eigenvalue weighted by Crippen LogP contribution is 2.61. The van der Waals surface area contributed by atoms with Gasteiger partial charge in [-0.05, 0) is 42.0 Å². The van der Waals surface area contributed by atoms with Crippen LogP contribution in [-0.2, 0) is 0 Å². The molecule has 1 aliphatic carbocycles. The molecule has 2 aliphatic heterocycles. The number of halogens is 1. The Kier molecular flexibility index (Phi) is 1.71. The molecule has 1 aromatic carbocycles. The molecule has 1 spiro atoms. The number of hydrogen-bond donors (Lipinski definition) is 2. The molecule has 2 atom stereocenters. The third-order valence-corrected chi connectivity index (χ3v) is 4.72. The minimum atomic E-state index is 0.534. The molecule has 1 aromatic rings. The Morgan fingerprint density at radius 1 is 1.31 bits per heavy atom. The normalized spacial score (nSPS) is 33.1. The van der Waals surface area contributed by atoms with E-state index in [-0.39, 0.29) is 0 Å². The summed E-state index contributed by atoms with van der Waals surface area (Å²) in [5, 5.41) is 8.07. The maximum absolute atomic E-state index is 6.12. The van der Waals surface area contributed by atoms with Crippen molar-refractivity contribution in [1.29, 1.82) is 0 Å². The van der Waals surface area contributed by atoms with Gasteiger partial charge in [0.2, 0.25) is 0 Å². The summed E-state index contributed by atoms with van der Waals surface area (Å²) < 4.78 is 0. The van der Waals surface area contributed by atoms with Gasteiger partial charge in [0, 0.05) is 35.8 Å². The van der Waals surface area contributed by atoms with Gasteiger partial charge in [-0.25, -0.2) is 0 Å². The number of rotatable bonds is 0. The van der Waals surface area contributed by atoms with Gasteiger partial charge < -0.3 is 10.6 Å². The number of fused-ring (bicyclic) bond motifs is 4. The minimum absolute atomic E-state index is 0.534. The third-order valence-electron chi connectivity index (χ3n) is 4.49. The zero-order chi connectivity index (χ0) is 10.8. The van der Waals surface area contributed by atoms with Crippen molar-refractivity contribution in [1.82, 2.24) is 5.32 Å². The SMILES string of the molecule is Clc1ccc2c(c1)C1C(CNCC13CC3)N2. The fraction of sp³-hybridized carbons (Fsp3) is 0.538. The fourth-order valence-corrected chi connectivity index (χ4v) is 3.76. The van der Waals surface area contributed by atoms with Crippen molar-refractivity contribution in [2.24, 2.45) is 5.41 Å². The predicted octanol–water partition coefficient (Wildman–Crippen LogP) is 2.60. The zero-order valence-electron chi connectivity index (χ0n) is 9.09. The first-order valence-corrected chi connectivity index (χ1v) is 6.43. The summed E-state index contributed by atoms with van der Waals surface area (Å²) in [6.07, 6.45) is 2.74. The predicted molar refractivity (Wildman–Crippen MR) is 66.1 cm³/mol. The van der Waals surface area contributed by atoms with Crippen molar-refractivity contribution in [3.05, 3.63) is 28.8 Å². The lowest BCUT2D eigenvalue weighted by atomic mass is 9.77. The molecule has 1 saturated heterocycles. The monoisotopic (exact) mass is 234 g/mol. The molecular weight excluding hydrogens is 220 g/mol. The van der Waals surface area contributed by atoms with E-state index >= 15 is 0 Å². The van der Waals surface area contributed by atoms with Crippen LogP contribution >= 0.6 is 11.6 Å². The lowest BCUT2D eigenvalue weighted by Crippen LogP contribution is -2.47.